The number of hydrogen-bond donors (Lipinski definition) is 0. The average molecular weight is 378 g/mol. The van der Waals surface area contributed by atoms with E-state index in [1.807, 2.05) is 0 Å². The second-order valence-electron chi connectivity index (χ2n) is 5.71. The Labute approximate surface area is 145 Å². The van der Waals surface area contributed by atoms with E-state index in [9.17, 15) is 22.0 Å². The number of hydrogen-bond acceptors (Lipinski definition) is 4. The van der Waals surface area contributed by atoms with E-state index in [0.29, 0.717) is 30.8 Å². The van der Waals surface area contributed by atoms with Gasteiger partial charge in [-0.3, -0.25) is 4.79 Å². The van der Waals surface area contributed by atoms with E-state index >= 15 is 0 Å². The van der Waals surface area contributed by atoms with Crippen LogP contribution in [0, 0.1) is 11.6 Å². The summed E-state index contributed by atoms with van der Waals surface area (Å²) in [5.41, 5.74) is 0.308. The summed E-state index contributed by atoms with van der Waals surface area (Å²) in [4.78, 5) is 13.8. The molecule has 1 aromatic carbocycles. The van der Waals surface area contributed by atoms with E-state index in [1.54, 1.807) is 4.90 Å². The number of amides is 1. The first-order valence-corrected chi connectivity index (χ1v) is 10.3. The van der Waals surface area contributed by atoms with E-state index in [-0.39, 0.29) is 17.7 Å². The molecule has 5 nitrogen and oxygen atoms in total. The lowest BCUT2D eigenvalue weighted by Gasteiger charge is -2.23. The first kappa shape index (κ1) is 19.1. The lowest BCUT2D eigenvalue weighted by Crippen LogP contribution is -2.41. The van der Waals surface area contributed by atoms with Crippen LogP contribution in [0.15, 0.2) is 18.2 Å². The quantitative estimate of drug-likeness (QED) is 0.803. The van der Waals surface area contributed by atoms with Crippen molar-refractivity contribution >= 4 is 27.7 Å². The molecule has 1 atom stereocenters. The Morgan fingerprint density at radius 1 is 1.38 bits per heavy atom. The highest BCUT2D eigenvalue weighted by atomic mass is 32.2. The topological polar surface area (TPSA) is 57.7 Å². The van der Waals surface area contributed by atoms with Gasteiger partial charge in [0.15, 0.2) is 0 Å². The van der Waals surface area contributed by atoms with Gasteiger partial charge in [0, 0.05) is 36.7 Å². The minimum atomic E-state index is -3.42. The summed E-state index contributed by atoms with van der Waals surface area (Å²) in [6.45, 7) is 0.612. The molecule has 134 valence electrons. The van der Waals surface area contributed by atoms with Crippen molar-refractivity contribution in [2.24, 2.45) is 0 Å². The third-order valence-corrected chi connectivity index (χ3v) is 6.49. The van der Waals surface area contributed by atoms with Crippen molar-refractivity contribution in [3.05, 3.63) is 35.4 Å². The van der Waals surface area contributed by atoms with Crippen molar-refractivity contribution in [1.82, 2.24) is 9.21 Å². The normalized spacial score (nSPS) is 19.4. The molecule has 0 saturated carbocycles. The Bertz CT molecular complexity index is 713. The van der Waals surface area contributed by atoms with E-state index in [0.717, 1.165) is 22.7 Å². The molecule has 0 aromatic heterocycles. The molecule has 0 radical (unpaired) electrons. The molecule has 0 bridgehead atoms. The molecule has 1 saturated heterocycles. The fourth-order valence-corrected chi connectivity index (χ4v) is 4.02. The smallest absolute Gasteiger partial charge is 0.237 e. The summed E-state index contributed by atoms with van der Waals surface area (Å²) in [5, 5.41) is -0.230. The molecular formula is C15H20F2N2O3S2. The van der Waals surface area contributed by atoms with Crippen LogP contribution in [-0.2, 0) is 14.8 Å². The zero-order valence-electron chi connectivity index (χ0n) is 13.5. The van der Waals surface area contributed by atoms with E-state index < -0.39 is 21.7 Å². The summed E-state index contributed by atoms with van der Waals surface area (Å²) >= 11 is 1.47. The van der Waals surface area contributed by atoms with Gasteiger partial charge in [-0.25, -0.2) is 17.2 Å². The van der Waals surface area contributed by atoms with Gasteiger partial charge in [-0.2, -0.15) is 16.1 Å². The highest BCUT2D eigenvalue weighted by molar-refractivity contribution is 7.99. The molecule has 2 rings (SSSR count). The van der Waals surface area contributed by atoms with Gasteiger partial charge >= 0.3 is 0 Å². The number of rotatable bonds is 4. The van der Waals surface area contributed by atoms with Crippen LogP contribution in [0.1, 0.15) is 17.2 Å². The number of sulfonamides is 1. The molecule has 1 heterocycles. The first-order valence-electron chi connectivity index (χ1n) is 7.44. The molecule has 0 aliphatic carbocycles. The SMILES string of the molecule is CN(CC(=O)N1CCSC(c2cc(F)ccc2F)CC1)S(C)(=O)=O. The second kappa shape index (κ2) is 7.79. The fraction of sp³-hybridized carbons (Fsp3) is 0.533. The Balaban J connectivity index is 2.02. The molecule has 1 amide bonds. The zero-order valence-corrected chi connectivity index (χ0v) is 15.2. The van der Waals surface area contributed by atoms with Gasteiger partial charge in [0.1, 0.15) is 11.6 Å². The molecule has 1 aliphatic rings. The van der Waals surface area contributed by atoms with Crippen LogP contribution in [0.2, 0.25) is 0 Å². The van der Waals surface area contributed by atoms with Crippen LogP contribution in [0.3, 0.4) is 0 Å². The minimum Gasteiger partial charge on any atom is -0.341 e. The molecule has 1 aromatic rings. The standard InChI is InChI=1S/C15H20F2N2O3S2/c1-18(24(2,21)22)10-15(20)19-6-5-14(23-8-7-19)12-9-11(16)3-4-13(12)17/h3-4,9,14H,5-8,10H2,1-2H3. The Morgan fingerprint density at radius 3 is 2.75 bits per heavy atom. The summed E-state index contributed by atoms with van der Waals surface area (Å²) in [7, 11) is -2.07. The number of carbonyl (C=O) groups is 1. The second-order valence-corrected chi connectivity index (χ2v) is 9.11. The molecule has 0 spiro atoms. The Kier molecular flexibility index (Phi) is 6.22. The monoisotopic (exact) mass is 378 g/mol. The van der Waals surface area contributed by atoms with Gasteiger partial charge in [-0.15, -0.1) is 0 Å². The van der Waals surface area contributed by atoms with Crippen LogP contribution in [0.4, 0.5) is 8.78 Å². The van der Waals surface area contributed by atoms with Crippen LogP contribution in [-0.4, -0.2) is 62.2 Å². The van der Waals surface area contributed by atoms with Crippen LogP contribution in [0.25, 0.3) is 0 Å². The highest BCUT2D eigenvalue weighted by Crippen LogP contribution is 2.36. The lowest BCUT2D eigenvalue weighted by molar-refractivity contribution is -0.130. The van der Waals surface area contributed by atoms with Crippen molar-refractivity contribution in [1.29, 1.82) is 0 Å². The number of thioether (sulfide) groups is 1. The van der Waals surface area contributed by atoms with E-state index in [2.05, 4.69) is 0 Å². The van der Waals surface area contributed by atoms with Crippen LogP contribution < -0.4 is 0 Å². The third kappa shape index (κ3) is 4.90. The number of carbonyl (C=O) groups excluding carboxylic acids is 1. The maximum Gasteiger partial charge on any atom is 0.237 e. The van der Waals surface area contributed by atoms with Crippen LogP contribution in [0.5, 0.6) is 0 Å². The zero-order chi connectivity index (χ0) is 17.9. The highest BCUT2D eigenvalue weighted by Gasteiger charge is 2.26. The molecule has 1 unspecified atom stereocenters. The number of likely N-dealkylation sites (N-methyl/N-ethyl adjacent to an activating group) is 1. The summed E-state index contributed by atoms with van der Waals surface area (Å²) < 4.78 is 51.1. The van der Waals surface area contributed by atoms with Crippen molar-refractivity contribution in [3.8, 4) is 0 Å². The molecule has 1 fully saturated rings. The Morgan fingerprint density at radius 2 is 2.08 bits per heavy atom. The number of nitrogens with zero attached hydrogens (tertiary/aromatic N) is 2. The predicted molar refractivity (Wildman–Crippen MR) is 90.2 cm³/mol. The summed E-state index contributed by atoms with van der Waals surface area (Å²) in [6, 6.07) is 3.39. The van der Waals surface area contributed by atoms with Gasteiger partial charge in [-0.1, -0.05) is 0 Å². The number of benzene rings is 1. The van der Waals surface area contributed by atoms with Gasteiger partial charge in [0.25, 0.3) is 0 Å². The van der Waals surface area contributed by atoms with Gasteiger partial charge in [0.2, 0.25) is 15.9 Å². The maximum atomic E-state index is 13.9. The van der Waals surface area contributed by atoms with E-state index in [4.69, 9.17) is 0 Å². The molecule has 0 N–H and O–H groups in total. The molecular weight excluding hydrogens is 358 g/mol. The van der Waals surface area contributed by atoms with E-state index in [1.165, 1.54) is 24.9 Å². The van der Waals surface area contributed by atoms with Crippen molar-refractivity contribution in [2.45, 2.75) is 11.7 Å². The lowest BCUT2D eigenvalue weighted by atomic mass is 10.1. The maximum absolute atomic E-state index is 13.9. The summed E-state index contributed by atoms with van der Waals surface area (Å²) in [5.74, 6) is -0.650. The van der Waals surface area contributed by atoms with Crippen molar-refractivity contribution in [3.63, 3.8) is 0 Å². The van der Waals surface area contributed by atoms with Crippen molar-refractivity contribution in [2.75, 3.05) is 38.7 Å². The van der Waals surface area contributed by atoms with Gasteiger partial charge in [0.05, 0.1) is 12.8 Å². The largest absolute Gasteiger partial charge is 0.341 e. The Hall–Kier alpha value is -1.19. The third-order valence-electron chi connectivity index (χ3n) is 3.92. The molecule has 1 aliphatic heterocycles. The van der Waals surface area contributed by atoms with Crippen LogP contribution >= 0.6 is 11.8 Å². The fourth-order valence-electron chi connectivity index (χ4n) is 2.44. The van der Waals surface area contributed by atoms with Gasteiger partial charge in [-0.05, 0) is 24.6 Å². The predicted octanol–water partition coefficient (Wildman–Crippen LogP) is 1.86. The first-order chi connectivity index (χ1) is 11.2. The van der Waals surface area contributed by atoms with Crippen molar-refractivity contribution < 1.29 is 22.0 Å². The summed E-state index contributed by atoms with van der Waals surface area (Å²) in [6.07, 6.45) is 1.53. The molecule has 9 heteroatoms. The molecule has 24 heavy (non-hydrogen) atoms. The minimum absolute atomic E-state index is 0.220. The average Bonchev–Trinajstić information content (AvgIpc) is 2.74. The van der Waals surface area contributed by atoms with Gasteiger partial charge < -0.3 is 4.90 Å². The number of halogens is 2.